The van der Waals surface area contributed by atoms with Gasteiger partial charge in [0, 0.05) is 25.8 Å². The number of aryl methyl sites for hydroxylation is 1. The van der Waals surface area contributed by atoms with Gasteiger partial charge in [0.15, 0.2) is 0 Å². The minimum atomic E-state index is 0.461. The van der Waals surface area contributed by atoms with E-state index in [0.717, 1.165) is 49.8 Å². The van der Waals surface area contributed by atoms with Crippen LogP contribution >= 0.6 is 0 Å². The van der Waals surface area contributed by atoms with Crippen LogP contribution in [-0.4, -0.2) is 26.0 Å². The molecule has 0 spiro atoms. The third-order valence-electron chi connectivity index (χ3n) is 4.25. The lowest BCUT2D eigenvalue weighted by molar-refractivity contribution is 0.235. The van der Waals surface area contributed by atoms with Gasteiger partial charge in [-0.05, 0) is 30.7 Å². The summed E-state index contributed by atoms with van der Waals surface area (Å²) in [6.07, 6.45) is 8.21. The summed E-state index contributed by atoms with van der Waals surface area (Å²) in [6.45, 7) is 4.17. The van der Waals surface area contributed by atoms with Gasteiger partial charge in [-0.1, -0.05) is 0 Å². The number of pyridine rings is 1. The van der Waals surface area contributed by atoms with Crippen LogP contribution in [0.4, 0.5) is 0 Å². The molecule has 0 amide bonds. The van der Waals surface area contributed by atoms with Gasteiger partial charge in [0.1, 0.15) is 23.8 Å². The lowest BCUT2D eigenvalue weighted by atomic mass is 10.3. The molecule has 6 heteroatoms. The number of hydrogen-bond donors (Lipinski definition) is 0. The quantitative estimate of drug-likeness (QED) is 0.722. The molecule has 4 heterocycles. The van der Waals surface area contributed by atoms with E-state index < -0.39 is 0 Å². The minimum absolute atomic E-state index is 0.461. The SMILES string of the molecule is c1cncc(OCc2ncn3c2CN(Cc2ccco2)CCC3)c1. The van der Waals surface area contributed by atoms with Gasteiger partial charge in [-0.3, -0.25) is 9.88 Å². The molecule has 0 aromatic carbocycles. The maximum absolute atomic E-state index is 5.82. The van der Waals surface area contributed by atoms with Crippen LogP contribution in [0.2, 0.25) is 0 Å². The Morgan fingerprint density at radius 1 is 1.21 bits per heavy atom. The summed E-state index contributed by atoms with van der Waals surface area (Å²) in [5, 5.41) is 0. The van der Waals surface area contributed by atoms with Gasteiger partial charge in [0.2, 0.25) is 0 Å². The number of furan rings is 1. The van der Waals surface area contributed by atoms with Crippen molar-refractivity contribution in [2.24, 2.45) is 0 Å². The molecule has 0 saturated heterocycles. The molecule has 0 N–H and O–H groups in total. The number of fused-ring (bicyclic) bond motifs is 1. The molecule has 3 aromatic heterocycles. The zero-order valence-corrected chi connectivity index (χ0v) is 13.5. The molecule has 0 atom stereocenters. The zero-order valence-electron chi connectivity index (χ0n) is 13.5. The predicted molar refractivity (Wildman–Crippen MR) is 88.2 cm³/mol. The van der Waals surface area contributed by atoms with Crippen molar-refractivity contribution in [2.75, 3.05) is 6.54 Å². The number of hydrogen-bond acceptors (Lipinski definition) is 5. The van der Waals surface area contributed by atoms with Crippen molar-refractivity contribution in [3.63, 3.8) is 0 Å². The van der Waals surface area contributed by atoms with E-state index in [0.29, 0.717) is 6.61 Å². The van der Waals surface area contributed by atoms with E-state index in [2.05, 4.69) is 19.4 Å². The first-order valence-corrected chi connectivity index (χ1v) is 8.19. The second kappa shape index (κ2) is 6.88. The van der Waals surface area contributed by atoms with Crippen LogP contribution in [0.3, 0.4) is 0 Å². The standard InChI is InChI=1S/C18H20N4O2/c1-4-15(10-19-6-1)24-13-17-18-12-21(11-16-5-2-9-23-16)7-3-8-22(18)14-20-17/h1-2,4-6,9-10,14H,3,7-8,11-13H2. The van der Waals surface area contributed by atoms with Crippen LogP contribution in [0.1, 0.15) is 23.6 Å². The molecule has 1 aliphatic heterocycles. The number of ether oxygens (including phenoxy) is 1. The van der Waals surface area contributed by atoms with Crippen LogP contribution in [0.15, 0.2) is 53.7 Å². The molecule has 0 fully saturated rings. The highest BCUT2D eigenvalue weighted by Gasteiger charge is 2.19. The van der Waals surface area contributed by atoms with E-state index in [-0.39, 0.29) is 0 Å². The summed E-state index contributed by atoms with van der Waals surface area (Å²) in [5.41, 5.74) is 2.22. The Balaban J connectivity index is 1.47. The Hall–Kier alpha value is -2.60. The van der Waals surface area contributed by atoms with Crippen molar-refractivity contribution in [3.8, 4) is 5.75 Å². The van der Waals surface area contributed by atoms with E-state index in [4.69, 9.17) is 9.15 Å². The smallest absolute Gasteiger partial charge is 0.138 e. The van der Waals surface area contributed by atoms with Crippen molar-refractivity contribution >= 4 is 0 Å². The van der Waals surface area contributed by atoms with Crippen LogP contribution < -0.4 is 4.74 Å². The fourth-order valence-corrected chi connectivity index (χ4v) is 3.04. The highest BCUT2D eigenvalue weighted by atomic mass is 16.5. The van der Waals surface area contributed by atoms with Gasteiger partial charge in [-0.15, -0.1) is 0 Å². The largest absolute Gasteiger partial charge is 0.486 e. The van der Waals surface area contributed by atoms with Gasteiger partial charge >= 0.3 is 0 Å². The fraction of sp³-hybridized carbons (Fsp3) is 0.333. The third-order valence-corrected chi connectivity index (χ3v) is 4.25. The summed E-state index contributed by atoms with van der Waals surface area (Å²) < 4.78 is 13.5. The molecule has 4 rings (SSSR count). The first-order chi connectivity index (χ1) is 11.9. The van der Waals surface area contributed by atoms with Crippen LogP contribution in [0.25, 0.3) is 0 Å². The molecule has 124 valence electrons. The molecule has 0 aliphatic carbocycles. The maximum atomic E-state index is 5.82. The van der Waals surface area contributed by atoms with Gasteiger partial charge in [0.05, 0.1) is 31.0 Å². The second-order valence-electron chi connectivity index (χ2n) is 5.95. The summed E-state index contributed by atoms with van der Waals surface area (Å²) in [6, 6.07) is 7.73. The molecule has 0 unspecified atom stereocenters. The molecule has 6 nitrogen and oxygen atoms in total. The summed E-state index contributed by atoms with van der Waals surface area (Å²) in [7, 11) is 0. The van der Waals surface area contributed by atoms with Gasteiger partial charge < -0.3 is 13.7 Å². The molecule has 24 heavy (non-hydrogen) atoms. The van der Waals surface area contributed by atoms with Gasteiger partial charge in [0.25, 0.3) is 0 Å². The first kappa shape index (κ1) is 15.0. The highest BCUT2D eigenvalue weighted by Crippen LogP contribution is 2.20. The average Bonchev–Trinajstić information content (AvgIpc) is 3.20. The Bertz CT molecular complexity index is 768. The summed E-state index contributed by atoms with van der Waals surface area (Å²) in [4.78, 5) is 11.0. The van der Waals surface area contributed by atoms with Crippen LogP contribution in [0, 0.1) is 0 Å². The van der Waals surface area contributed by atoms with Crippen molar-refractivity contribution in [1.82, 2.24) is 19.4 Å². The maximum Gasteiger partial charge on any atom is 0.138 e. The Kier molecular flexibility index (Phi) is 4.29. The van der Waals surface area contributed by atoms with Gasteiger partial charge in [-0.2, -0.15) is 0 Å². The normalized spacial score (nSPS) is 15.0. The zero-order chi connectivity index (χ0) is 16.2. The van der Waals surface area contributed by atoms with Crippen LogP contribution in [0.5, 0.6) is 5.75 Å². The molecular formula is C18H20N4O2. The van der Waals surface area contributed by atoms with E-state index in [1.165, 1.54) is 5.69 Å². The van der Waals surface area contributed by atoms with Gasteiger partial charge in [-0.25, -0.2) is 4.98 Å². The first-order valence-electron chi connectivity index (χ1n) is 8.19. The molecule has 0 bridgehead atoms. The molecular weight excluding hydrogens is 304 g/mol. The van der Waals surface area contributed by atoms with E-state index in [1.807, 2.05) is 30.6 Å². The number of aromatic nitrogens is 3. The predicted octanol–water partition coefficient (Wildman–Crippen LogP) is 2.86. The topological polar surface area (TPSA) is 56.3 Å². The highest BCUT2D eigenvalue weighted by molar-refractivity contribution is 5.18. The van der Waals surface area contributed by atoms with E-state index >= 15 is 0 Å². The van der Waals surface area contributed by atoms with Crippen LogP contribution in [-0.2, 0) is 26.2 Å². The Morgan fingerprint density at radius 3 is 3.04 bits per heavy atom. The van der Waals surface area contributed by atoms with Crippen molar-refractivity contribution in [3.05, 3.63) is 66.4 Å². The monoisotopic (exact) mass is 324 g/mol. The van der Waals surface area contributed by atoms with Crippen molar-refractivity contribution in [2.45, 2.75) is 32.7 Å². The second-order valence-corrected chi connectivity index (χ2v) is 5.95. The molecule has 0 radical (unpaired) electrons. The summed E-state index contributed by atoms with van der Waals surface area (Å²) in [5.74, 6) is 1.76. The van der Waals surface area contributed by atoms with Crippen molar-refractivity contribution in [1.29, 1.82) is 0 Å². The summed E-state index contributed by atoms with van der Waals surface area (Å²) >= 11 is 0. The molecule has 3 aromatic rings. The average molecular weight is 324 g/mol. The lowest BCUT2D eigenvalue weighted by Gasteiger charge is -2.18. The lowest BCUT2D eigenvalue weighted by Crippen LogP contribution is -2.23. The minimum Gasteiger partial charge on any atom is -0.486 e. The van der Waals surface area contributed by atoms with E-state index in [1.54, 1.807) is 18.7 Å². The number of rotatable bonds is 5. The fourth-order valence-electron chi connectivity index (χ4n) is 3.04. The number of imidazole rings is 1. The number of nitrogens with zero attached hydrogens (tertiary/aromatic N) is 4. The molecule has 0 saturated carbocycles. The molecule has 1 aliphatic rings. The third kappa shape index (κ3) is 3.33. The Labute approximate surface area is 140 Å². The van der Waals surface area contributed by atoms with E-state index in [9.17, 15) is 0 Å². The van der Waals surface area contributed by atoms with Crippen molar-refractivity contribution < 1.29 is 9.15 Å². The Morgan fingerprint density at radius 2 is 2.21 bits per heavy atom.